The van der Waals surface area contributed by atoms with Crippen LogP contribution in [-0.4, -0.2) is 18.3 Å². The number of aromatic nitrogens is 1. The minimum absolute atomic E-state index is 0.305. The molecule has 0 bridgehead atoms. The first-order valence-electron chi connectivity index (χ1n) is 5.96. The molecule has 1 aromatic carbocycles. The van der Waals surface area contributed by atoms with E-state index in [-0.39, 0.29) is 0 Å². The maximum atomic E-state index is 5.37. The van der Waals surface area contributed by atoms with Crippen molar-refractivity contribution in [2.45, 2.75) is 13.3 Å². The van der Waals surface area contributed by atoms with E-state index in [0.29, 0.717) is 6.79 Å². The van der Waals surface area contributed by atoms with Crippen LogP contribution in [0.5, 0.6) is 11.5 Å². The highest BCUT2D eigenvalue weighted by molar-refractivity contribution is 7.14. The van der Waals surface area contributed by atoms with E-state index in [2.05, 4.69) is 22.6 Å². The van der Waals surface area contributed by atoms with E-state index in [0.717, 1.165) is 40.9 Å². The summed E-state index contributed by atoms with van der Waals surface area (Å²) in [5.74, 6) is 1.60. The van der Waals surface area contributed by atoms with E-state index < -0.39 is 0 Å². The van der Waals surface area contributed by atoms with E-state index in [1.807, 2.05) is 18.2 Å². The third-order valence-corrected chi connectivity index (χ3v) is 3.50. The zero-order valence-corrected chi connectivity index (χ0v) is 10.9. The minimum Gasteiger partial charge on any atom is -0.454 e. The van der Waals surface area contributed by atoms with Crippen LogP contribution in [-0.2, 0) is 0 Å². The number of thiazole rings is 1. The largest absolute Gasteiger partial charge is 0.454 e. The lowest BCUT2D eigenvalue weighted by Crippen LogP contribution is -1.98. The molecule has 0 atom stereocenters. The van der Waals surface area contributed by atoms with Gasteiger partial charge in [0, 0.05) is 17.5 Å². The van der Waals surface area contributed by atoms with Crippen LogP contribution in [0.15, 0.2) is 23.6 Å². The summed E-state index contributed by atoms with van der Waals surface area (Å²) in [4.78, 5) is 4.55. The van der Waals surface area contributed by atoms with E-state index in [4.69, 9.17) is 9.47 Å². The first-order valence-corrected chi connectivity index (χ1v) is 6.84. The number of nitrogens with zero attached hydrogens (tertiary/aromatic N) is 1. The Hall–Kier alpha value is -1.75. The minimum atomic E-state index is 0.305. The van der Waals surface area contributed by atoms with Gasteiger partial charge in [-0.3, -0.25) is 0 Å². The van der Waals surface area contributed by atoms with E-state index in [1.165, 1.54) is 0 Å². The first kappa shape index (κ1) is 11.3. The molecule has 1 N–H and O–H groups in total. The van der Waals surface area contributed by atoms with Gasteiger partial charge >= 0.3 is 0 Å². The average Bonchev–Trinajstić information content (AvgIpc) is 3.04. The molecular formula is C13H14N2O2S. The van der Waals surface area contributed by atoms with Gasteiger partial charge in [0.05, 0.1) is 5.69 Å². The third-order valence-electron chi connectivity index (χ3n) is 2.70. The Morgan fingerprint density at radius 3 is 3.11 bits per heavy atom. The molecule has 0 amide bonds. The van der Waals surface area contributed by atoms with Crippen molar-refractivity contribution in [3.05, 3.63) is 23.6 Å². The van der Waals surface area contributed by atoms with E-state index in [1.54, 1.807) is 11.3 Å². The van der Waals surface area contributed by atoms with Gasteiger partial charge in [-0.15, -0.1) is 11.3 Å². The Morgan fingerprint density at radius 2 is 2.22 bits per heavy atom. The number of anilines is 1. The molecule has 5 heteroatoms. The summed E-state index contributed by atoms with van der Waals surface area (Å²) >= 11 is 1.62. The Bertz CT molecular complexity index is 554. The summed E-state index contributed by atoms with van der Waals surface area (Å²) in [5.41, 5.74) is 2.02. The Labute approximate surface area is 110 Å². The topological polar surface area (TPSA) is 43.4 Å². The van der Waals surface area contributed by atoms with Crippen LogP contribution in [0.2, 0.25) is 0 Å². The van der Waals surface area contributed by atoms with E-state index in [9.17, 15) is 0 Å². The van der Waals surface area contributed by atoms with Crippen molar-refractivity contribution >= 4 is 16.5 Å². The maximum Gasteiger partial charge on any atom is 0.231 e. The second kappa shape index (κ2) is 4.86. The molecule has 0 saturated carbocycles. The van der Waals surface area contributed by atoms with Gasteiger partial charge in [0.1, 0.15) is 0 Å². The van der Waals surface area contributed by atoms with E-state index >= 15 is 0 Å². The molecule has 0 fully saturated rings. The molecule has 1 aliphatic rings. The van der Waals surface area contributed by atoms with Gasteiger partial charge in [0.2, 0.25) is 6.79 Å². The predicted octanol–water partition coefficient (Wildman–Crippen LogP) is 3.36. The number of benzene rings is 1. The van der Waals surface area contributed by atoms with Crippen LogP contribution >= 0.6 is 11.3 Å². The van der Waals surface area contributed by atoms with Crippen LogP contribution in [0.3, 0.4) is 0 Å². The lowest BCUT2D eigenvalue weighted by Gasteiger charge is -2.00. The van der Waals surface area contributed by atoms with Gasteiger partial charge < -0.3 is 14.8 Å². The first-order chi connectivity index (χ1) is 8.86. The Balaban J connectivity index is 1.83. The molecular weight excluding hydrogens is 248 g/mol. The molecule has 3 rings (SSSR count). The second-order valence-electron chi connectivity index (χ2n) is 4.03. The molecule has 0 spiro atoms. The molecule has 0 radical (unpaired) electrons. The molecule has 1 aliphatic heterocycles. The van der Waals surface area contributed by atoms with Crippen LogP contribution < -0.4 is 14.8 Å². The van der Waals surface area contributed by atoms with Crippen molar-refractivity contribution in [2.75, 3.05) is 18.7 Å². The highest BCUT2D eigenvalue weighted by Gasteiger charge is 2.14. The number of fused-ring (bicyclic) bond motifs is 1. The normalized spacial score (nSPS) is 12.7. The van der Waals surface area contributed by atoms with Gasteiger partial charge in [0.25, 0.3) is 0 Å². The fourth-order valence-corrected chi connectivity index (χ4v) is 2.52. The summed E-state index contributed by atoms with van der Waals surface area (Å²) in [7, 11) is 0. The number of ether oxygens (including phenoxy) is 2. The smallest absolute Gasteiger partial charge is 0.231 e. The Morgan fingerprint density at radius 1 is 1.33 bits per heavy atom. The third kappa shape index (κ3) is 2.13. The molecule has 0 saturated heterocycles. The highest BCUT2D eigenvalue weighted by Crippen LogP contribution is 2.36. The summed E-state index contributed by atoms with van der Waals surface area (Å²) in [6.45, 7) is 3.40. The zero-order valence-electron chi connectivity index (χ0n) is 10.1. The van der Waals surface area contributed by atoms with Gasteiger partial charge in [-0.2, -0.15) is 0 Å². The molecule has 94 valence electrons. The van der Waals surface area contributed by atoms with Crippen molar-refractivity contribution < 1.29 is 9.47 Å². The van der Waals surface area contributed by atoms with Crippen LogP contribution in [0.4, 0.5) is 5.13 Å². The standard InChI is InChI=1S/C13H14N2O2S/c1-2-5-14-13-15-10(7-18-13)9-3-4-11-12(6-9)17-8-16-11/h3-4,6-7H,2,5,8H2,1H3,(H,14,15). The molecule has 0 unspecified atom stereocenters. The van der Waals surface area contributed by atoms with Gasteiger partial charge in [-0.1, -0.05) is 6.92 Å². The molecule has 2 aromatic rings. The zero-order chi connectivity index (χ0) is 12.4. The summed E-state index contributed by atoms with van der Waals surface area (Å²) in [6.07, 6.45) is 1.10. The predicted molar refractivity (Wildman–Crippen MR) is 72.5 cm³/mol. The number of hydrogen-bond acceptors (Lipinski definition) is 5. The number of nitrogens with one attached hydrogen (secondary N) is 1. The van der Waals surface area contributed by atoms with Gasteiger partial charge in [-0.25, -0.2) is 4.98 Å². The molecule has 4 nitrogen and oxygen atoms in total. The Kier molecular flexibility index (Phi) is 3.06. The molecule has 2 heterocycles. The average molecular weight is 262 g/mol. The van der Waals surface area contributed by atoms with Crippen molar-refractivity contribution in [1.82, 2.24) is 4.98 Å². The van der Waals surface area contributed by atoms with Crippen molar-refractivity contribution in [3.8, 4) is 22.8 Å². The maximum absolute atomic E-state index is 5.37. The van der Waals surface area contributed by atoms with Crippen molar-refractivity contribution in [3.63, 3.8) is 0 Å². The summed E-state index contributed by atoms with van der Waals surface area (Å²) < 4.78 is 10.7. The van der Waals surface area contributed by atoms with Gasteiger partial charge in [-0.05, 0) is 24.6 Å². The molecule has 18 heavy (non-hydrogen) atoms. The quantitative estimate of drug-likeness (QED) is 0.917. The second-order valence-corrected chi connectivity index (χ2v) is 4.89. The number of hydrogen-bond donors (Lipinski definition) is 1. The lowest BCUT2D eigenvalue weighted by atomic mass is 10.1. The monoisotopic (exact) mass is 262 g/mol. The highest BCUT2D eigenvalue weighted by atomic mass is 32.1. The lowest BCUT2D eigenvalue weighted by molar-refractivity contribution is 0.174. The summed E-state index contributed by atoms with van der Waals surface area (Å²) in [5, 5.41) is 6.30. The van der Waals surface area contributed by atoms with Gasteiger partial charge in [0.15, 0.2) is 16.6 Å². The van der Waals surface area contributed by atoms with Crippen LogP contribution in [0, 0.1) is 0 Å². The SMILES string of the molecule is CCCNc1nc(-c2ccc3c(c2)OCO3)cs1. The summed E-state index contributed by atoms with van der Waals surface area (Å²) in [6, 6.07) is 5.91. The fraction of sp³-hybridized carbons (Fsp3) is 0.308. The van der Waals surface area contributed by atoms with Crippen molar-refractivity contribution in [1.29, 1.82) is 0 Å². The van der Waals surface area contributed by atoms with Crippen LogP contribution in [0.1, 0.15) is 13.3 Å². The fourth-order valence-electron chi connectivity index (χ4n) is 1.78. The van der Waals surface area contributed by atoms with Crippen LogP contribution in [0.25, 0.3) is 11.3 Å². The molecule has 1 aromatic heterocycles. The number of rotatable bonds is 4. The molecule has 0 aliphatic carbocycles. The van der Waals surface area contributed by atoms with Crippen molar-refractivity contribution in [2.24, 2.45) is 0 Å².